The van der Waals surface area contributed by atoms with E-state index in [-0.39, 0.29) is 35.7 Å². The van der Waals surface area contributed by atoms with Gasteiger partial charge in [-0.25, -0.2) is 0 Å². The Hall–Kier alpha value is -2.48. The number of ether oxygens (including phenoxy) is 1. The van der Waals surface area contributed by atoms with Gasteiger partial charge in [0.25, 0.3) is 5.69 Å². The van der Waals surface area contributed by atoms with Gasteiger partial charge in [-0.2, -0.15) is 0 Å². The standard InChI is InChI=1S/C17H23N3O5/c1-11(2)25-8-4-7-18-14-6-5-13(10-15(14)20(23)24)19-16(21)9-12(3)17(19)22/h5-6,10-12,18H,4,7-9H2,1-3H3/t12-/m0/s1. The molecule has 0 aliphatic carbocycles. The summed E-state index contributed by atoms with van der Waals surface area (Å²) in [6.07, 6.45) is 0.978. The maximum absolute atomic E-state index is 12.1. The van der Waals surface area contributed by atoms with Gasteiger partial charge in [-0.05, 0) is 32.4 Å². The molecule has 1 aliphatic rings. The lowest BCUT2D eigenvalue weighted by Gasteiger charge is -2.15. The van der Waals surface area contributed by atoms with Gasteiger partial charge in [0.2, 0.25) is 11.8 Å². The quantitative estimate of drug-likeness (QED) is 0.335. The Labute approximate surface area is 146 Å². The Kier molecular flexibility index (Phi) is 6.08. The second-order valence-corrected chi connectivity index (χ2v) is 6.33. The summed E-state index contributed by atoms with van der Waals surface area (Å²) in [4.78, 5) is 35.9. The van der Waals surface area contributed by atoms with Crippen LogP contribution in [0.4, 0.5) is 17.1 Å². The van der Waals surface area contributed by atoms with Gasteiger partial charge < -0.3 is 10.1 Å². The third kappa shape index (κ3) is 4.54. The van der Waals surface area contributed by atoms with Crippen LogP contribution in [0, 0.1) is 16.0 Å². The number of nitrogens with zero attached hydrogens (tertiary/aromatic N) is 2. The fourth-order valence-electron chi connectivity index (χ4n) is 2.63. The number of nitro groups is 1. The first-order valence-electron chi connectivity index (χ1n) is 8.32. The van der Waals surface area contributed by atoms with E-state index in [1.165, 1.54) is 12.1 Å². The lowest BCUT2D eigenvalue weighted by molar-refractivity contribution is -0.383. The first-order chi connectivity index (χ1) is 11.8. The number of hydrogen-bond donors (Lipinski definition) is 1. The molecular formula is C17H23N3O5. The van der Waals surface area contributed by atoms with Gasteiger partial charge in [-0.15, -0.1) is 0 Å². The fourth-order valence-corrected chi connectivity index (χ4v) is 2.63. The molecule has 0 aromatic heterocycles. The molecule has 1 atom stereocenters. The van der Waals surface area contributed by atoms with E-state index in [0.717, 1.165) is 4.90 Å². The summed E-state index contributed by atoms with van der Waals surface area (Å²) < 4.78 is 5.42. The second kappa shape index (κ2) is 8.06. The van der Waals surface area contributed by atoms with Gasteiger partial charge in [0.15, 0.2) is 0 Å². The highest BCUT2D eigenvalue weighted by atomic mass is 16.6. The molecule has 0 spiro atoms. The third-order valence-corrected chi connectivity index (χ3v) is 3.90. The van der Waals surface area contributed by atoms with Gasteiger partial charge in [0.05, 0.1) is 16.7 Å². The fraction of sp³-hybridized carbons (Fsp3) is 0.529. The molecule has 2 amide bonds. The average Bonchev–Trinajstić information content (AvgIpc) is 2.79. The van der Waals surface area contributed by atoms with E-state index < -0.39 is 10.8 Å². The molecule has 2 rings (SSSR count). The number of hydrogen-bond acceptors (Lipinski definition) is 6. The van der Waals surface area contributed by atoms with Crippen LogP contribution in [0.15, 0.2) is 18.2 Å². The Balaban J connectivity index is 2.11. The van der Waals surface area contributed by atoms with Crippen LogP contribution in [-0.2, 0) is 14.3 Å². The van der Waals surface area contributed by atoms with Crippen LogP contribution in [0.5, 0.6) is 0 Å². The molecule has 8 nitrogen and oxygen atoms in total. The summed E-state index contributed by atoms with van der Waals surface area (Å²) in [5.74, 6) is -1.06. The summed E-state index contributed by atoms with van der Waals surface area (Å²) in [6.45, 7) is 6.64. The molecule has 8 heteroatoms. The van der Waals surface area contributed by atoms with Crippen LogP contribution < -0.4 is 10.2 Å². The van der Waals surface area contributed by atoms with Gasteiger partial charge in [0.1, 0.15) is 5.69 Å². The monoisotopic (exact) mass is 349 g/mol. The minimum Gasteiger partial charge on any atom is -0.379 e. The maximum Gasteiger partial charge on any atom is 0.294 e. The van der Waals surface area contributed by atoms with Crippen LogP contribution in [-0.4, -0.2) is 36.0 Å². The molecule has 1 fully saturated rings. The summed E-state index contributed by atoms with van der Waals surface area (Å²) >= 11 is 0. The number of anilines is 2. The van der Waals surface area contributed by atoms with Crippen molar-refractivity contribution in [1.29, 1.82) is 0 Å². The molecule has 1 aliphatic heterocycles. The van der Waals surface area contributed by atoms with Crippen molar-refractivity contribution in [2.24, 2.45) is 5.92 Å². The SMILES string of the molecule is CC(C)OCCCNc1ccc(N2C(=O)C[C@H](C)C2=O)cc1[N+](=O)[O-]. The molecule has 0 saturated carbocycles. The molecular weight excluding hydrogens is 326 g/mol. The topological polar surface area (TPSA) is 102 Å². The van der Waals surface area contributed by atoms with Crippen molar-refractivity contribution in [2.75, 3.05) is 23.4 Å². The van der Waals surface area contributed by atoms with E-state index in [9.17, 15) is 19.7 Å². The van der Waals surface area contributed by atoms with Crippen LogP contribution in [0.2, 0.25) is 0 Å². The first kappa shape index (κ1) is 18.9. The molecule has 1 aromatic carbocycles. The third-order valence-electron chi connectivity index (χ3n) is 3.90. The van der Waals surface area contributed by atoms with Crippen LogP contribution in [0.3, 0.4) is 0 Å². The highest BCUT2D eigenvalue weighted by molar-refractivity contribution is 6.21. The molecule has 1 saturated heterocycles. The summed E-state index contributed by atoms with van der Waals surface area (Å²) in [7, 11) is 0. The summed E-state index contributed by atoms with van der Waals surface area (Å²) in [6, 6.07) is 4.34. The number of nitrogens with one attached hydrogen (secondary N) is 1. The Morgan fingerprint density at radius 1 is 1.40 bits per heavy atom. The lowest BCUT2D eigenvalue weighted by atomic mass is 10.1. The zero-order valence-electron chi connectivity index (χ0n) is 14.7. The second-order valence-electron chi connectivity index (χ2n) is 6.33. The smallest absolute Gasteiger partial charge is 0.294 e. The zero-order valence-corrected chi connectivity index (χ0v) is 14.7. The Morgan fingerprint density at radius 2 is 2.12 bits per heavy atom. The van der Waals surface area contributed by atoms with Crippen molar-refractivity contribution < 1.29 is 19.2 Å². The largest absolute Gasteiger partial charge is 0.379 e. The first-order valence-corrected chi connectivity index (χ1v) is 8.32. The van der Waals surface area contributed by atoms with Gasteiger partial charge >= 0.3 is 0 Å². The van der Waals surface area contributed by atoms with Crippen molar-refractivity contribution in [3.8, 4) is 0 Å². The predicted octanol–water partition coefficient (Wildman–Crippen LogP) is 2.72. The van der Waals surface area contributed by atoms with E-state index in [2.05, 4.69) is 5.32 Å². The molecule has 0 bridgehead atoms. The van der Waals surface area contributed by atoms with E-state index in [0.29, 0.717) is 25.3 Å². The van der Waals surface area contributed by atoms with Crippen LogP contribution >= 0.6 is 0 Å². The number of carbonyl (C=O) groups is 2. The van der Waals surface area contributed by atoms with Gasteiger partial charge in [-0.1, -0.05) is 6.92 Å². The Bertz CT molecular complexity index is 674. The van der Waals surface area contributed by atoms with E-state index in [4.69, 9.17) is 4.74 Å². The van der Waals surface area contributed by atoms with Crippen molar-refractivity contribution in [3.05, 3.63) is 28.3 Å². The number of imide groups is 1. The van der Waals surface area contributed by atoms with E-state index >= 15 is 0 Å². The van der Waals surface area contributed by atoms with Gasteiger partial charge in [-0.3, -0.25) is 24.6 Å². The minimum atomic E-state index is -0.523. The van der Waals surface area contributed by atoms with Crippen LogP contribution in [0.25, 0.3) is 0 Å². The van der Waals surface area contributed by atoms with E-state index in [1.54, 1.807) is 13.0 Å². The number of nitro benzene ring substituents is 1. The summed E-state index contributed by atoms with van der Waals surface area (Å²) in [5.41, 5.74) is 0.424. The predicted molar refractivity (Wildman–Crippen MR) is 93.6 cm³/mol. The minimum absolute atomic E-state index is 0.127. The summed E-state index contributed by atoms with van der Waals surface area (Å²) in [5, 5.41) is 14.4. The van der Waals surface area contributed by atoms with E-state index in [1.807, 2.05) is 13.8 Å². The van der Waals surface area contributed by atoms with Crippen molar-refractivity contribution >= 4 is 28.9 Å². The van der Waals surface area contributed by atoms with Crippen molar-refractivity contribution in [1.82, 2.24) is 0 Å². The van der Waals surface area contributed by atoms with Crippen LogP contribution in [0.1, 0.15) is 33.6 Å². The number of rotatable bonds is 8. The Morgan fingerprint density at radius 3 is 2.68 bits per heavy atom. The highest BCUT2D eigenvalue weighted by Crippen LogP contribution is 2.33. The zero-order chi connectivity index (χ0) is 18.6. The lowest BCUT2D eigenvalue weighted by Crippen LogP contribution is -2.30. The molecule has 0 unspecified atom stereocenters. The van der Waals surface area contributed by atoms with Gasteiger partial charge in [0, 0.05) is 31.6 Å². The normalized spacial score (nSPS) is 17.4. The molecule has 1 aromatic rings. The number of benzene rings is 1. The highest BCUT2D eigenvalue weighted by Gasteiger charge is 2.37. The van der Waals surface area contributed by atoms with Crippen molar-refractivity contribution in [3.63, 3.8) is 0 Å². The molecule has 0 radical (unpaired) electrons. The molecule has 25 heavy (non-hydrogen) atoms. The molecule has 136 valence electrons. The number of amides is 2. The van der Waals surface area contributed by atoms with Crippen molar-refractivity contribution in [2.45, 2.75) is 39.7 Å². The molecule has 1 N–H and O–H groups in total. The maximum atomic E-state index is 12.1. The average molecular weight is 349 g/mol. The molecule has 1 heterocycles. The number of carbonyl (C=O) groups excluding carboxylic acids is 2.